The van der Waals surface area contributed by atoms with Crippen LogP contribution in [0.4, 0.5) is 0 Å². The van der Waals surface area contributed by atoms with Gasteiger partial charge in [-0.05, 0) is 37.5 Å². The highest BCUT2D eigenvalue weighted by Gasteiger charge is 2.11. The lowest BCUT2D eigenvalue weighted by Crippen LogP contribution is -1.93. The lowest BCUT2D eigenvalue weighted by atomic mass is 9.96. The van der Waals surface area contributed by atoms with Crippen molar-refractivity contribution in [2.24, 2.45) is 0 Å². The topological polar surface area (TPSA) is 40.5 Å². The van der Waals surface area contributed by atoms with Gasteiger partial charge in [0.05, 0.1) is 5.76 Å². The number of phenols is 1. The Morgan fingerprint density at radius 1 is 1.24 bits per heavy atom. The van der Waals surface area contributed by atoms with Crippen molar-refractivity contribution in [3.8, 4) is 5.75 Å². The summed E-state index contributed by atoms with van der Waals surface area (Å²) in [4.78, 5) is 0. The number of aliphatic hydroxyl groups is 1. The first-order chi connectivity index (χ1) is 10.0. The third-order valence-corrected chi connectivity index (χ3v) is 3.23. The van der Waals surface area contributed by atoms with Crippen molar-refractivity contribution >= 4 is 5.57 Å². The minimum atomic E-state index is 0.167. The molecule has 21 heavy (non-hydrogen) atoms. The van der Waals surface area contributed by atoms with Crippen molar-refractivity contribution in [2.45, 2.75) is 33.1 Å². The summed E-state index contributed by atoms with van der Waals surface area (Å²) in [6, 6.07) is 5.42. The monoisotopic (exact) mass is 284 g/mol. The maximum absolute atomic E-state index is 10.2. The normalized spacial score (nSPS) is 12.8. The number of aliphatic hydroxyl groups excluding tert-OH is 1. The quantitative estimate of drug-likeness (QED) is 0.404. The Hall–Kier alpha value is -2.22. The molecule has 0 bridgehead atoms. The van der Waals surface area contributed by atoms with Crippen LogP contribution in [0.1, 0.15) is 37.8 Å². The largest absolute Gasteiger partial charge is 0.512 e. The second-order valence-electron chi connectivity index (χ2n) is 5.04. The first-order valence-corrected chi connectivity index (χ1v) is 7.16. The smallest absolute Gasteiger partial charge is 0.123 e. The zero-order valence-electron chi connectivity index (χ0n) is 12.9. The van der Waals surface area contributed by atoms with E-state index in [9.17, 15) is 10.2 Å². The number of benzene rings is 1. The summed E-state index contributed by atoms with van der Waals surface area (Å²) in [6.45, 7) is 11.3. The summed E-state index contributed by atoms with van der Waals surface area (Å²) in [5.74, 6) is 0.435. The van der Waals surface area contributed by atoms with Gasteiger partial charge in [-0.3, -0.25) is 0 Å². The molecule has 0 radical (unpaired) electrons. The highest BCUT2D eigenvalue weighted by Crippen LogP contribution is 2.31. The third-order valence-electron chi connectivity index (χ3n) is 3.23. The molecular weight excluding hydrogens is 260 g/mol. The Kier molecular flexibility index (Phi) is 6.54. The van der Waals surface area contributed by atoms with Crippen LogP contribution in [-0.4, -0.2) is 10.2 Å². The summed E-state index contributed by atoms with van der Waals surface area (Å²) in [7, 11) is 0. The van der Waals surface area contributed by atoms with Gasteiger partial charge in [0.15, 0.2) is 0 Å². The van der Waals surface area contributed by atoms with E-state index in [1.165, 1.54) is 0 Å². The minimum Gasteiger partial charge on any atom is -0.512 e. The Morgan fingerprint density at radius 3 is 2.52 bits per heavy atom. The van der Waals surface area contributed by atoms with E-state index in [1.54, 1.807) is 6.07 Å². The van der Waals surface area contributed by atoms with Crippen molar-refractivity contribution in [1.82, 2.24) is 0 Å². The molecule has 0 atom stereocenters. The molecule has 0 saturated heterocycles. The number of aromatic hydroxyl groups is 1. The van der Waals surface area contributed by atoms with E-state index in [-0.39, 0.29) is 11.5 Å². The molecule has 0 heterocycles. The average molecular weight is 284 g/mol. The van der Waals surface area contributed by atoms with E-state index < -0.39 is 0 Å². The molecule has 0 aliphatic heterocycles. The van der Waals surface area contributed by atoms with Gasteiger partial charge in [-0.2, -0.15) is 0 Å². The molecule has 0 unspecified atom stereocenters. The molecule has 0 amide bonds. The molecule has 1 aromatic carbocycles. The zero-order valence-corrected chi connectivity index (χ0v) is 12.9. The molecule has 0 aromatic heterocycles. The van der Waals surface area contributed by atoms with Gasteiger partial charge in [-0.25, -0.2) is 0 Å². The summed E-state index contributed by atoms with van der Waals surface area (Å²) in [5, 5.41) is 20.4. The number of hydrogen-bond donors (Lipinski definition) is 2. The van der Waals surface area contributed by atoms with Crippen LogP contribution in [0.25, 0.3) is 5.57 Å². The molecule has 1 aromatic rings. The Balaban J connectivity index is 3.40. The molecule has 2 N–H and O–H groups in total. The maximum atomic E-state index is 10.2. The second-order valence-corrected chi connectivity index (χ2v) is 5.04. The van der Waals surface area contributed by atoms with Crippen molar-refractivity contribution in [3.63, 3.8) is 0 Å². The standard InChI is InChI=1S/C19H24O2/c1-5-8-14(4)12-16(18(20)7-3)17-13-15(9-6-2)10-11-19(17)21/h5-6,10-13,20-21H,1-2,7-9H2,3-4H3/b14-12+,18-16-. The van der Waals surface area contributed by atoms with Crippen LogP contribution in [0, 0.1) is 0 Å². The molecule has 0 aliphatic carbocycles. The van der Waals surface area contributed by atoms with E-state index in [0.717, 1.165) is 24.0 Å². The number of rotatable bonds is 7. The molecule has 1 rings (SSSR count). The fourth-order valence-corrected chi connectivity index (χ4v) is 2.13. The highest BCUT2D eigenvalue weighted by atomic mass is 16.3. The summed E-state index contributed by atoms with van der Waals surface area (Å²) < 4.78 is 0. The first kappa shape index (κ1) is 16.8. The fraction of sp³-hybridized carbons (Fsp3) is 0.263. The lowest BCUT2D eigenvalue weighted by Gasteiger charge is -2.11. The van der Waals surface area contributed by atoms with Crippen molar-refractivity contribution < 1.29 is 10.2 Å². The maximum Gasteiger partial charge on any atom is 0.123 e. The Labute approximate surface area is 127 Å². The van der Waals surface area contributed by atoms with Gasteiger partial charge in [0.1, 0.15) is 5.75 Å². The summed E-state index contributed by atoms with van der Waals surface area (Å²) >= 11 is 0. The molecule has 0 spiro atoms. The van der Waals surface area contributed by atoms with Crippen LogP contribution in [0.5, 0.6) is 5.75 Å². The van der Waals surface area contributed by atoms with Crippen LogP contribution < -0.4 is 0 Å². The molecule has 0 saturated carbocycles. The molecule has 112 valence electrons. The molecule has 2 nitrogen and oxygen atoms in total. The van der Waals surface area contributed by atoms with Crippen molar-refractivity contribution in [3.05, 3.63) is 72.0 Å². The van der Waals surface area contributed by atoms with E-state index in [2.05, 4.69) is 13.2 Å². The van der Waals surface area contributed by atoms with Crippen LogP contribution in [0.15, 0.2) is 60.9 Å². The summed E-state index contributed by atoms with van der Waals surface area (Å²) in [6.07, 6.45) is 7.53. The van der Waals surface area contributed by atoms with Gasteiger partial charge in [0.25, 0.3) is 0 Å². The van der Waals surface area contributed by atoms with E-state index >= 15 is 0 Å². The molecular formula is C19H24O2. The van der Waals surface area contributed by atoms with Crippen LogP contribution in [-0.2, 0) is 6.42 Å². The van der Waals surface area contributed by atoms with Gasteiger partial charge in [-0.15, -0.1) is 13.2 Å². The van der Waals surface area contributed by atoms with Crippen LogP contribution in [0.3, 0.4) is 0 Å². The van der Waals surface area contributed by atoms with Crippen LogP contribution >= 0.6 is 0 Å². The first-order valence-electron chi connectivity index (χ1n) is 7.16. The Morgan fingerprint density at radius 2 is 1.95 bits per heavy atom. The molecule has 2 heteroatoms. The van der Waals surface area contributed by atoms with E-state index in [0.29, 0.717) is 17.6 Å². The fourth-order valence-electron chi connectivity index (χ4n) is 2.13. The van der Waals surface area contributed by atoms with Crippen LogP contribution in [0.2, 0.25) is 0 Å². The SMILES string of the molecule is C=CC/C(C)=C/C(=C(/O)CC)c1cc(CC=C)ccc1O. The predicted molar refractivity (Wildman–Crippen MR) is 90.4 cm³/mol. The number of phenolic OH excluding ortho intramolecular Hbond substituents is 1. The second kappa shape index (κ2) is 8.15. The molecule has 0 aliphatic rings. The molecule has 0 fully saturated rings. The zero-order chi connectivity index (χ0) is 15.8. The Bertz CT molecular complexity index is 577. The summed E-state index contributed by atoms with van der Waals surface area (Å²) in [5.41, 5.74) is 3.44. The lowest BCUT2D eigenvalue weighted by molar-refractivity contribution is 0.397. The average Bonchev–Trinajstić information content (AvgIpc) is 2.47. The van der Waals surface area contributed by atoms with Gasteiger partial charge in [-0.1, -0.05) is 36.8 Å². The van der Waals surface area contributed by atoms with E-state index in [4.69, 9.17) is 0 Å². The predicted octanol–water partition coefficient (Wildman–Crippen LogP) is 5.32. The number of hydrogen-bond acceptors (Lipinski definition) is 2. The van der Waals surface area contributed by atoms with Gasteiger partial charge in [0.2, 0.25) is 0 Å². The third kappa shape index (κ3) is 4.67. The van der Waals surface area contributed by atoms with E-state index in [1.807, 2.05) is 44.2 Å². The van der Waals surface area contributed by atoms with Crippen molar-refractivity contribution in [1.29, 1.82) is 0 Å². The number of allylic oxidation sites excluding steroid dienone is 6. The van der Waals surface area contributed by atoms with Gasteiger partial charge >= 0.3 is 0 Å². The van der Waals surface area contributed by atoms with Crippen molar-refractivity contribution in [2.75, 3.05) is 0 Å². The highest BCUT2D eigenvalue weighted by molar-refractivity contribution is 5.79. The minimum absolute atomic E-state index is 0.167. The van der Waals surface area contributed by atoms with Gasteiger partial charge < -0.3 is 10.2 Å². The van der Waals surface area contributed by atoms with Gasteiger partial charge in [0, 0.05) is 17.6 Å².